The van der Waals surface area contributed by atoms with E-state index in [9.17, 15) is 0 Å². The van der Waals surface area contributed by atoms with Crippen molar-refractivity contribution in [1.82, 2.24) is 4.57 Å². The largest absolute Gasteiger partial charge is 0.474 e. The first kappa shape index (κ1) is 12.4. The summed E-state index contributed by atoms with van der Waals surface area (Å²) in [6.45, 7) is 2.31. The second-order valence-corrected chi connectivity index (χ2v) is 5.28. The molecule has 0 unspecified atom stereocenters. The summed E-state index contributed by atoms with van der Waals surface area (Å²) in [6, 6.07) is 12.8. The van der Waals surface area contributed by atoms with E-state index in [-0.39, 0.29) is 0 Å². The highest BCUT2D eigenvalue weighted by molar-refractivity contribution is 7.98. The van der Waals surface area contributed by atoms with Crippen LogP contribution in [0.2, 0.25) is 0 Å². The highest BCUT2D eigenvalue weighted by Crippen LogP contribution is 2.17. The van der Waals surface area contributed by atoms with Crippen LogP contribution < -0.4 is 0 Å². The van der Waals surface area contributed by atoms with Crippen LogP contribution in [0.5, 0.6) is 0 Å². The molecule has 19 heavy (non-hydrogen) atoms. The molecule has 4 heteroatoms. The van der Waals surface area contributed by atoms with Crippen molar-refractivity contribution in [3.05, 3.63) is 53.9 Å². The maximum Gasteiger partial charge on any atom is 0.233 e. The SMILES string of the molecule is CSc1ccc(Cn2cccc2C2=NCCO2)cc1. The molecule has 0 bridgehead atoms. The fourth-order valence-corrected chi connectivity index (χ4v) is 2.57. The molecule has 0 spiro atoms. The van der Waals surface area contributed by atoms with E-state index < -0.39 is 0 Å². The van der Waals surface area contributed by atoms with Crippen LogP contribution in [0.4, 0.5) is 0 Å². The number of benzene rings is 1. The maximum absolute atomic E-state index is 5.54. The molecular weight excluding hydrogens is 256 g/mol. The number of aliphatic imine (C=N–C) groups is 1. The van der Waals surface area contributed by atoms with E-state index in [0.717, 1.165) is 24.7 Å². The van der Waals surface area contributed by atoms with Crippen molar-refractivity contribution < 1.29 is 4.74 Å². The fraction of sp³-hybridized carbons (Fsp3) is 0.267. The molecule has 2 aromatic rings. The lowest BCUT2D eigenvalue weighted by atomic mass is 10.2. The summed E-state index contributed by atoms with van der Waals surface area (Å²) >= 11 is 1.76. The molecule has 0 aliphatic carbocycles. The predicted octanol–water partition coefficient (Wildman–Crippen LogP) is 3.04. The van der Waals surface area contributed by atoms with Crippen LogP contribution in [0.25, 0.3) is 0 Å². The van der Waals surface area contributed by atoms with Gasteiger partial charge < -0.3 is 9.30 Å². The van der Waals surface area contributed by atoms with Gasteiger partial charge in [-0.25, -0.2) is 4.99 Å². The maximum atomic E-state index is 5.54. The molecular formula is C15H16N2OS. The van der Waals surface area contributed by atoms with Gasteiger partial charge in [0.1, 0.15) is 12.3 Å². The molecule has 0 radical (unpaired) electrons. The van der Waals surface area contributed by atoms with Gasteiger partial charge in [-0.15, -0.1) is 11.8 Å². The Balaban J connectivity index is 1.81. The van der Waals surface area contributed by atoms with E-state index in [2.05, 4.69) is 52.3 Å². The summed E-state index contributed by atoms with van der Waals surface area (Å²) in [5, 5.41) is 0. The number of hydrogen-bond acceptors (Lipinski definition) is 3. The van der Waals surface area contributed by atoms with Gasteiger partial charge in [0, 0.05) is 17.6 Å². The Morgan fingerprint density at radius 1 is 1.26 bits per heavy atom. The van der Waals surface area contributed by atoms with Crippen LogP contribution in [0, 0.1) is 0 Å². The van der Waals surface area contributed by atoms with Crippen molar-refractivity contribution >= 4 is 17.7 Å². The average Bonchev–Trinajstić information content (AvgIpc) is 3.10. The number of nitrogens with zero attached hydrogens (tertiary/aromatic N) is 2. The molecule has 0 saturated heterocycles. The number of ether oxygens (including phenoxy) is 1. The van der Waals surface area contributed by atoms with Crippen molar-refractivity contribution in [3.8, 4) is 0 Å². The molecule has 0 fully saturated rings. The van der Waals surface area contributed by atoms with Crippen LogP contribution in [0.1, 0.15) is 11.3 Å². The minimum atomic E-state index is 0.697. The first-order valence-corrected chi connectivity index (χ1v) is 7.55. The second kappa shape index (κ2) is 5.53. The number of aromatic nitrogens is 1. The molecule has 3 nitrogen and oxygen atoms in total. The van der Waals surface area contributed by atoms with Crippen molar-refractivity contribution in [1.29, 1.82) is 0 Å². The second-order valence-electron chi connectivity index (χ2n) is 4.40. The lowest BCUT2D eigenvalue weighted by Gasteiger charge is -2.09. The van der Waals surface area contributed by atoms with E-state index >= 15 is 0 Å². The Hall–Kier alpha value is -1.68. The number of thioether (sulfide) groups is 1. The van der Waals surface area contributed by atoms with E-state index in [1.807, 2.05) is 6.07 Å². The van der Waals surface area contributed by atoms with Gasteiger partial charge in [-0.3, -0.25) is 0 Å². The van der Waals surface area contributed by atoms with Crippen molar-refractivity contribution in [2.45, 2.75) is 11.4 Å². The predicted molar refractivity (Wildman–Crippen MR) is 79.1 cm³/mol. The monoisotopic (exact) mass is 272 g/mol. The van der Waals surface area contributed by atoms with Crippen LogP contribution >= 0.6 is 11.8 Å². The van der Waals surface area contributed by atoms with Gasteiger partial charge in [-0.2, -0.15) is 0 Å². The summed E-state index contributed by atoms with van der Waals surface area (Å²) in [5.41, 5.74) is 2.35. The highest BCUT2D eigenvalue weighted by Gasteiger charge is 2.14. The molecule has 1 aromatic heterocycles. The third kappa shape index (κ3) is 2.68. The molecule has 3 rings (SSSR count). The van der Waals surface area contributed by atoms with Gasteiger partial charge in [-0.1, -0.05) is 12.1 Å². The van der Waals surface area contributed by atoms with E-state index in [4.69, 9.17) is 4.74 Å². The molecule has 0 amide bonds. The molecule has 0 N–H and O–H groups in total. The van der Waals surface area contributed by atoms with Gasteiger partial charge in [0.25, 0.3) is 0 Å². The quantitative estimate of drug-likeness (QED) is 0.800. The summed E-state index contributed by atoms with van der Waals surface area (Å²) in [5.74, 6) is 0.769. The Morgan fingerprint density at radius 2 is 2.11 bits per heavy atom. The molecule has 0 atom stereocenters. The zero-order valence-corrected chi connectivity index (χ0v) is 11.7. The molecule has 98 valence electrons. The fourth-order valence-electron chi connectivity index (χ4n) is 2.16. The van der Waals surface area contributed by atoms with E-state index in [0.29, 0.717) is 6.61 Å². The molecule has 2 heterocycles. The van der Waals surface area contributed by atoms with E-state index in [1.165, 1.54) is 10.5 Å². The van der Waals surface area contributed by atoms with Crippen molar-refractivity contribution in [2.75, 3.05) is 19.4 Å². The zero-order chi connectivity index (χ0) is 13.1. The van der Waals surface area contributed by atoms with Crippen LogP contribution in [-0.2, 0) is 11.3 Å². The number of rotatable bonds is 4. The third-order valence-corrected chi connectivity index (χ3v) is 3.89. The van der Waals surface area contributed by atoms with Crippen molar-refractivity contribution in [3.63, 3.8) is 0 Å². The highest BCUT2D eigenvalue weighted by atomic mass is 32.2. The first-order valence-electron chi connectivity index (χ1n) is 6.32. The first-order chi connectivity index (χ1) is 9.36. The van der Waals surface area contributed by atoms with Crippen molar-refractivity contribution in [2.24, 2.45) is 4.99 Å². The summed E-state index contributed by atoms with van der Waals surface area (Å²) in [6.07, 6.45) is 4.16. The van der Waals surface area contributed by atoms with Gasteiger partial charge in [0.15, 0.2) is 0 Å². The molecule has 1 aliphatic rings. The standard InChI is InChI=1S/C15H16N2OS/c1-19-13-6-4-12(5-7-13)11-17-9-2-3-14(17)15-16-8-10-18-15/h2-7,9H,8,10-11H2,1H3. The normalized spacial score (nSPS) is 14.3. The van der Waals surface area contributed by atoms with Crippen LogP contribution in [0.3, 0.4) is 0 Å². The Bertz CT molecular complexity index is 586. The average molecular weight is 272 g/mol. The molecule has 1 aliphatic heterocycles. The van der Waals surface area contributed by atoms with Crippen LogP contribution in [-0.4, -0.2) is 29.9 Å². The van der Waals surface area contributed by atoms with Gasteiger partial charge >= 0.3 is 0 Å². The third-order valence-electron chi connectivity index (χ3n) is 3.15. The topological polar surface area (TPSA) is 26.5 Å². The van der Waals surface area contributed by atoms with Gasteiger partial charge in [0.2, 0.25) is 5.90 Å². The van der Waals surface area contributed by atoms with Gasteiger partial charge in [0.05, 0.1) is 6.54 Å². The zero-order valence-electron chi connectivity index (χ0n) is 10.9. The summed E-state index contributed by atoms with van der Waals surface area (Å²) in [4.78, 5) is 5.67. The minimum absolute atomic E-state index is 0.697. The Labute approximate surface area is 117 Å². The van der Waals surface area contributed by atoms with Gasteiger partial charge in [-0.05, 0) is 36.1 Å². The Morgan fingerprint density at radius 3 is 2.79 bits per heavy atom. The van der Waals surface area contributed by atoms with E-state index in [1.54, 1.807) is 11.8 Å². The summed E-state index contributed by atoms with van der Waals surface area (Å²) in [7, 11) is 0. The Kier molecular flexibility index (Phi) is 3.60. The lowest BCUT2D eigenvalue weighted by molar-refractivity contribution is 0.346. The smallest absolute Gasteiger partial charge is 0.233 e. The molecule has 1 aromatic carbocycles. The number of hydrogen-bond donors (Lipinski definition) is 0. The summed E-state index contributed by atoms with van der Waals surface area (Å²) < 4.78 is 7.72. The minimum Gasteiger partial charge on any atom is -0.474 e. The van der Waals surface area contributed by atoms with Crippen LogP contribution in [0.15, 0.2) is 52.5 Å². The molecule has 0 saturated carbocycles. The lowest BCUT2D eigenvalue weighted by Crippen LogP contribution is -2.10.